The Kier molecular flexibility index (Phi) is 3.59. The molecule has 0 bridgehead atoms. The van der Waals surface area contributed by atoms with Crippen molar-refractivity contribution >= 4 is 5.91 Å². The minimum absolute atomic E-state index is 0.344. The second kappa shape index (κ2) is 5.00. The van der Waals surface area contributed by atoms with Gasteiger partial charge in [0, 0.05) is 13.1 Å². The molecule has 1 unspecified atom stereocenters. The molecule has 0 radical (unpaired) electrons. The highest BCUT2D eigenvalue weighted by molar-refractivity contribution is 5.94. The molecule has 1 aliphatic heterocycles. The van der Waals surface area contributed by atoms with Gasteiger partial charge in [-0.15, -0.1) is 0 Å². The fourth-order valence-corrected chi connectivity index (χ4v) is 2.24. The van der Waals surface area contributed by atoms with Gasteiger partial charge in [0.15, 0.2) is 17.5 Å². The van der Waals surface area contributed by atoms with Crippen LogP contribution in [0.4, 0.5) is 13.2 Å². The van der Waals surface area contributed by atoms with Crippen LogP contribution in [0.25, 0.3) is 0 Å². The van der Waals surface area contributed by atoms with Crippen molar-refractivity contribution in [2.24, 2.45) is 5.92 Å². The molecule has 98 valence electrons. The van der Waals surface area contributed by atoms with E-state index < -0.39 is 28.9 Å². The van der Waals surface area contributed by atoms with Crippen LogP contribution in [0.3, 0.4) is 0 Å². The second-order valence-corrected chi connectivity index (χ2v) is 4.72. The molecule has 1 amide bonds. The van der Waals surface area contributed by atoms with Gasteiger partial charge in [0.1, 0.15) is 0 Å². The molecular weight excluding hydrogens is 243 g/mol. The SMILES string of the molecule is CC1CCCN(C(=O)c2ccc(F)c(F)c2F)C1. The smallest absolute Gasteiger partial charge is 0.256 e. The van der Waals surface area contributed by atoms with Gasteiger partial charge in [-0.2, -0.15) is 0 Å². The molecule has 1 aromatic rings. The molecule has 0 spiro atoms. The standard InChI is InChI=1S/C13H14F3NO/c1-8-3-2-6-17(7-8)13(18)9-4-5-10(14)12(16)11(9)15/h4-5,8H,2-3,6-7H2,1H3. The Labute approximate surface area is 103 Å². The summed E-state index contributed by atoms with van der Waals surface area (Å²) in [5.74, 6) is -4.51. The van der Waals surface area contributed by atoms with Gasteiger partial charge in [0.2, 0.25) is 0 Å². The minimum Gasteiger partial charge on any atom is -0.338 e. The van der Waals surface area contributed by atoms with Crippen LogP contribution in [0, 0.1) is 23.4 Å². The minimum atomic E-state index is -1.59. The lowest BCUT2D eigenvalue weighted by Crippen LogP contribution is -2.39. The van der Waals surface area contributed by atoms with Gasteiger partial charge < -0.3 is 4.90 Å². The summed E-state index contributed by atoms with van der Waals surface area (Å²) < 4.78 is 39.4. The van der Waals surface area contributed by atoms with Crippen LogP contribution in [0.1, 0.15) is 30.1 Å². The summed E-state index contributed by atoms with van der Waals surface area (Å²) in [6.07, 6.45) is 1.86. The average molecular weight is 257 g/mol. The summed E-state index contributed by atoms with van der Waals surface area (Å²) in [6.45, 7) is 3.06. The molecule has 2 nitrogen and oxygen atoms in total. The maximum absolute atomic E-state index is 13.5. The number of nitrogens with zero attached hydrogens (tertiary/aromatic N) is 1. The molecule has 0 N–H and O–H groups in total. The van der Waals surface area contributed by atoms with E-state index in [1.165, 1.54) is 4.90 Å². The maximum atomic E-state index is 13.5. The number of carbonyl (C=O) groups excluding carboxylic acids is 1. The highest BCUT2D eigenvalue weighted by Gasteiger charge is 2.26. The summed E-state index contributed by atoms with van der Waals surface area (Å²) in [7, 11) is 0. The molecule has 0 aliphatic carbocycles. The van der Waals surface area contributed by atoms with E-state index in [4.69, 9.17) is 0 Å². The number of amides is 1. The van der Waals surface area contributed by atoms with Crippen molar-refractivity contribution in [1.82, 2.24) is 4.90 Å². The molecule has 2 rings (SSSR count). The zero-order chi connectivity index (χ0) is 13.3. The lowest BCUT2D eigenvalue weighted by Gasteiger charge is -2.31. The Bertz CT molecular complexity index is 476. The van der Waals surface area contributed by atoms with Gasteiger partial charge in [-0.05, 0) is 30.9 Å². The second-order valence-electron chi connectivity index (χ2n) is 4.72. The Morgan fingerprint density at radius 3 is 2.67 bits per heavy atom. The van der Waals surface area contributed by atoms with Crippen LogP contribution < -0.4 is 0 Å². The molecule has 5 heteroatoms. The number of halogens is 3. The number of hydrogen-bond acceptors (Lipinski definition) is 1. The van der Waals surface area contributed by atoms with Gasteiger partial charge >= 0.3 is 0 Å². The summed E-state index contributed by atoms with van der Waals surface area (Å²) in [5, 5.41) is 0. The summed E-state index contributed by atoms with van der Waals surface area (Å²) in [5.41, 5.74) is -0.400. The predicted octanol–water partition coefficient (Wildman–Crippen LogP) is 2.98. The molecule has 1 fully saturated rings. The van der Waals surface area contributed by atoms with Crippen molar-refractivity contribution in [2.75, 3.05) is 13.1 Å². The predicted molar refractivity (Wildman–Crippen MR) is 60.6 cm³/mol. The van der Waals surface area contributed by atoms with Crippen molar-refractivity contribution in [1.29, 1.82) is 0 Å². The average Bonchev–Trinajstić information content (AvgIpc) is 2.35. The van der Waals surface area contributed by atoms with E-state index in [1.54, 1.807) is 0 Å². The van der Waals surface area contributed by atoms with Gasteiger partial charge in [0.05, 0.1) is 5.56 Å². The molecular formula is C13H14F3NO. The third-order valence-corrected chi connectivity index (χ3v) is 3.21. The molecule has 1 atom stereocenters. The third kappa shape index (κ3) is 2.35. The van der Waals surface area contributed by atoms with Crippen molar-refractivity contribution in [2.45, 2.75) is 19.8 Å². The van der Waals surface area contributed by atoms with Crippen molar-refractivity contribution in [3.8, 4) is 0 Å². The van der Waals surface area contributed by atoms with E-state index in [0.29, 0.717) is 19.0 Å². The summed E-state index contributed by atoms with van der Waals surface area (Å²) in [4.78, 5) is 13.5. The Morgan fingerprint density at radius 2 is 2.00 bits per heavy atom. The Balaban J connectivity index is 2.26. The highest BCUT2D eigenvalue weighted by atomic mass is 19.2. The number of piperidine rings is 1. The van der Waals surface area contributed by atoms with E-state index in [2.05, 4.69) is 0 Å². The number of hydrogen-bond donors (Lipinski definition) is 0. The normalized spacial score (nSPS) is 20.0. The zero-order valence-corrected chi connectivity index (χ0v) is 10.0. The fraction of sp³-hybridized carbons (Fsp3) is 0.462. The van der Waals surface area contributed by atoms with Crippen LogP contribution in [-0.4, -0.2) is 23.9 Å². The zero-order valence-electron chi connectivity index (χ0n) is 10.0. The quantitative estimate of drug-likeness (QED) is 0.708. The number of rotatable bonds is 1. The molecule has 0 aromatic heterocycles. The molecule has 0 saturated carbocycles. The topological polar surface area (TPSA) is 20.3 Å². The molecule has 1 heterocycles. The Hall–Kier alpha value is -1.52. The van der Waals surface area contributed by atoms with Gasteiger partial charge in [0.25, 0.3) is 5.91 Å². The van der Waals surface area contributed by atoms with Crippen LogP contribution in [0.15, 0.2) is 12.1 Å². The molecule has 1 aliphatic rings. The van der Waals surface area contributed by atoms with Crippen LogP contribution >= 0.6 is 0 Å². The fourth-order valence-electron chi connectivity index (χ4n) is 2.24. The van der Waals surface area contributed by atoms with Crippen molar-refractivity contribution in [3.63, 3.8) is 0 Å². The maximum Gasteiger partial charge on any atom is 0.256 e. The van der Waals surface area contributed by atoms with E-state index in [9.17, 15) is 18.0 Å². The van der Waals surface area contributed by atoms with Crippen molar-refractivity contribution in [3.05, 3.63) is 35.1 Å². The molecule has 1 aromatic carbocycles. The van der Waals surface area contributed by atoms with E-state index in [-0.39, 0.29) is 0 Å². The number of benzene rings is 1. The van der Waals surface area contributed by atoms with Gasteiger partial charge in [-0.25, -0.2) is 13.2 Å². The van der Waals surface area contributed by atoms with Crippen LogP contribution in [-0.2, 0) is 0 Å². The van der Waals surface area contributed by atoms with E-state index in [1.807, 2.05) is 6.92 Å². The highest BCUT2D eigenvalue weighted by Crippen LogP contribution is 2.21. The Morgan fingerprint density at radius 1 is 1.28 bits per heavy atom. The van der Waals surface area contributed by atoms with Crippen molar-refractivity contribution < 1.29 is 18.0 Å². The molecule has 1 saturated heterocycles. The monoisotopic (exact) mass is 257 g/mol. The first-order valence-corrected chi connectivity index (χ1v) is 5.93. The van der Waals surface area contributed by atoms with E-state index >= 15 is 0 Å². The first kappa shape index (κ1) is 12.9. The van der Waals surface area contributed by atoms with Crippen LogP contribution in [0.5, 0.6) is 0 Å². The molecule has 18 heavy (non-hydrogen) atoms. The number of carbonyl (C=O) groups is 1. The lowest BCUT2D eigenvalue weighted by atomic mass is 9.99. The summed E-state index contributed by atoms with van der Waals surface area (Å²) >= 11 is 0. The lowest BCUT2D eigenvalue weighted by molar-refractivity contribution is 0.0677. The van der Waals surface area contributed by atoms with Crippen LogP contribution in [0.2, 0.25) is 0 Å². The number of likely N-dealkylation sites (tertiary alicyclic amines) is 1. The third-order valence-electron chi connectivity index (χ3n) is 3.21. The largest absolute Gasteiger partial charge is 0.338 e. The van der Waals surface area contributed by atoms with E-state index in [0.717, 1.165) is 25.0 Å². The van der Waals surface area contributed by atoms with Gasteiger partial charge in [-0.3, -0.25) is 4.79 Å². The van der Waals surface area contributed by atoms with Gasteiger partial charge in [-0.1, -0.05) is 6.92 Å². The summed E-state index contributed by atoms with van der Waals surface area (Å²) in [6, 6.07) is 1.77. The first-order chi connectivity index (χ1) is 8.50. The first-order valence-electron chi connectivity index (χ1n) is 5.93.